The van der Waals surface area contributed by atoms with Gasteiger partial charge in [-0.2, -0.15) is 0 Å². The SMILES string of the molecule is NS(=O)(=O)c1ccc(NS(=O)(=O)CBr)c(Br)c1. The van der Waals surface area contributed by atoms with Gasteiger partial charge in [-0.25, -0.2) is 22.0 Å². The zero-order chi connectivity index (χ0) is 13.3. The lowest BCUT2D eigenvalue weighted by molar-refractivity contribution is 0.597. The van der Waals surface area contributed by atoms with Gasteiger partial charge < -0.3 is 0 Å². The van der Waals surface area contributed by atoms with E-state index in [2.05, 4.69) is 36.6 Å². The van der Waals surface area contributed by atoms with Crippen LogP contribution in [0.4, 0.5) is 5.69 Å². The number of hydrogen-bond donors (Lipinski definition) is 2. The molecule has 0 aliphatic heterocycles. The van der Waals surface area contributed by atoms with Crippen molar-refractivity contribution in [3.8, 4) is 0 Å². The summed E-state index contributed by atoms with van der Waals surface area (Å²) in [5, 5.41) is 4.93. The lowest BCUT2D eigenvalue weighted by Gasteiger charge is -2.08. The number of benzene rings is 1. The molecule has 0 aromatic heterocycles. The van der Waals surface area contributed by atoms with Crippen molar-refractivity contribution in [1.29, 1.82) is 0 Å². The van der Waals surface area contributed by atoms with Crippen LogP contribution in [0.15, 0.2) is 27.6 Å². The molecule has 0 saturated heterocycles. The van der Waals surface area contributed by atoms with E-state index in [0.717, 1.165) is 0 Å². The van der Waals surface area contributed by atoms with Crippen molar-refractivity contribution in [2.75, 3.05) is 9.38 Å². The molecule has 96 valence electrons. The van der Waals surface area contributed by atoms with E-state index in [9.17, 15) is 16.8 Å². The summed E-state index contributed by atoms with van der Waals surface area (Å²) >= 11 is 5.88. The van der Waals surface area contributed by atoms with Crippen LogP contribution in [0, 0.1) is 0 Å². The summed E-state index contributed by atoms with van der Waals surface area (Å²) < 4.78 is 46.9. The molecule has 0 radical (unpaired) electrons. The van der Waals surface area contributed by atoms with Gasteiger partial charge in [0.15, 0.2) is 0 Å². The standard InChI is InChI=1S/C7H8Br2N2O4S2/c8-4-16(12,13)11-7-2-1-5(3-6(7)9)17(10,14)15/h1-3,11H,4H2,(H2,10,14,15). The number of nitrogens with two attached hydrogens (primary N) is 1. The summed E-state index contributed by atoms with van der Waals surface area (Å²) in [5.74, 6) is 0. The van der Waals surface area contributed by atoms with E-state index >= 15 is 0 Å². The third-order valence-corrected chi connectivity index (χ3v) is 5.87. The van der Waals surface area contributed by atoms with Crippen LogP contribution in [0.2, 0.25) is 0 Å². The Bertz CT molecular complexity index is 627. The van der Waals surface area contributed by atoms with E-state index in [1.165, 1.54) is 18.2 Å². The molecule has 0 bridgehead atoms. The first-order chi connectivity index (χ1) is 7.65. The van der Waals surface area contributed by atoms with E-state index < -0.39 is 20.0 Å². The van der Waals surface area contributed by atoms with E-state index in [4.69, 9.17) is 5.14 Å². The number of primary sulfonamides is 1. The zero-order valence-corrected chi connectivity index (χ0v) is 13.0. The van der Waals surface area contributed by atoms with Gasteiger partial charge in [0, 0.05) is 4.47 Å². The van der Waals surface area contributed by atoms with E-state index in [1.807, 2.05) is 0 Å². The molecular weight excluding hydrogens is 400 g/mol. The highest BCUT2D eigenvalue weighted by atomic mass is 79.9. The minimum Gasteiger partial charge on any atom is -0.282 e. The fourth-order valence-corrected chi connectivity index (χ4v) is 3.16. The Hall–Kier alpha value is -0.160. The first kappa shape index (κ1) is 14.9. The molecule has 0 heterocycles. The summed E-state index contributed by atoms with van der Waals surface area (Å²) in [7, 11) is -7.30. The molecule has 10 heteroatoms. The van der Waals surface area contributed by atoms with Crippen molar-refractivity contribution in [1.82, 2.24) is 0 Å². The van der Waals surface area contributed by atoms with Crippen LogP contribution in [0.5, 0.6) is 0 Å². The molecule has 1 aromatic carbocycles. The molecule has 3 N–H and O–H groups in total. The van der Waals surface area contributed by atoms with E-state index in [1.54, 1.807) is 0 Å². The van der Waals surface area contributed by atoms with Crippen LogP contribution in [-0.4, -0.2) is 21.5 Å². The lowest BCUT2D eigenvalue weighted by atomic mass is 10.3. The Morgan fingerprint density at radius 2 is 1.82 bits per heavy atom. The zero-order valence-electron chi connectivity index (χ0n) is 8.22. The Balaban J connectivity index is 3.16. The first-order valence-corrected chi connectivity index (χ1v) is 9.16. The molecule has 0 saturated carbocycles. The number of halogens is 2. The maximum Gasteiger partial charge on any atom is 0.242 e. The topological polar surface area (TPSA) is 106 Å². The normalized spacial score (nSPS) is 12.4. The van der Waals surface area contributed by atoms with E-state index in [-0.39, 0.29) is 19.7 Å². The Morgan fingerprint density at radius 1 is 1.24 bits per heavy atom. The predicted molar refractivity (Wildman–Crippen MR) is 71.9 cm³/mol. The number of nitrogens with one attached hydrogen (secondary N) is 1. The van der Waals surface area contributed by atoms with Crippen molar-refractivity contribution in [3.63, 3.8) is 0 Å². The van der Waals surface area contributed by atoms with Crippen LogP contribution in [0.25, 0.3) is 0 Å². The highest BCUT2D eigenvalue weighted by Crippen LogP contribution is 2.26. The third-order valence-electron chi connectivity index (χ3n) is 1.68. The van der Waals surface area contributed by atoms with Crippen molar-refractivity contribution < 1.29 is 16.8 Å². The first-order valence-electron chi connectivity index (χ1n) is 4.04. The third kappa shape index (κ3) is 4.21. The monoisotopic (exact) mass is 406 g/mol. The van der Waals surface area contributed by atoms with Crippen molar-refractivity contribution in [3.05, 3.63) is 22.7 Å². The number of sulfonamides is 2. The molecule has 6 nitrogen and oxygen atoms in total. The van der Waals surface area contributed by atoms with Gasteiger partial charge in [0.25, 0.3) is 0 Å². The van der Waals surface area contributed by atoms with Gasteiger partial charge in [0.05, 0.1) is 10.6 Å². The predicted octanol–water partition coefficient (Wildman–Crippen LogP) is 1.19. The van der Waals surface area contributed by atoms with Gasteiger partial charge in [0.2, 0.25) is 20.0 Å². The molecule has 0 atom stereocenters. The summed E-state index contributed by atoms with van der Waals surface area (Å²) in [5.41, 5.74) is 0.233. The molecule has 0 spiro atoms. The maximum absolute atomic E-state index is 11.3. The van der Waals surface area contributed by atoms with Gasteiger partial charge in [-0.05, 0) is 34.1 Å². The fourth-order valence-electron chi connectivity index (χ4n) is 0.950. The lowest BCUT2D eigenvalue weighted by Crippen LogP contribution is -2.15. The largest absolute Gasteiger partial charge is 0.282 e. The van der Waals surface area contributed by atoms with E-state index in [0.29, 0.717) is 0 Å². The average molecular weight is 408 g/mol. The highest BCUT2D eigenvalue weighted by Gasteiger charge is 2.13. The molecule has 17 heavy (non-hydrogen) atoms. The number of anilines is 1. The van der Waals surface area contributed by atoms with Crippen LogP contribution in [0.1, 0.15) is 0 Å². The Morgan fingerprint density at radius 3 is 2.24 bits per heavy atom. The van der Waals surface area contributed by atoms with Gasteiger partial charge >= 0.3 is 0 Å². The second-order valence-corrected chi connectivity index (χ2v) is 8.45. The molecule has 1 aromatic rings. The maximum atomic E-state index is 11.3. The Labute approximate surface area is 116 Å². The molecule has 0 aliphatic carbocycles. The summed E-state index contributed by atoms with van der Waals surface area (Å²) in [6.45, 7) is 0. The van der Waals surface area contributed by atoms with Crippen LogP contribution < -0.4 is 9.86 Å². The minimum absolute atomic E-state index is 0.105. The molecular formula is C7H8Br2N2O4S2. The number of rotatable bonds is 4. The second-order valence-electron chi connectivity index (χ2n) is 3.01. The minimum atomic E-state index is -3.81. The quantitative estimate of drug-likeness (QED) is 0.731. The van der Waals surface area contributed by atoms with Crippen molar-refractivity contribution >= 4 is 57.6 Å². The van der Waals surface area contributed by atoms with Crippen molar-refractivity contribution in [2.24, 2.45) is 5.14 Å². The van der Waals surface area contributed by atoms with Gasteiger partial charge in [-0.1, -0.05) is 15.9 Å². The second kappa shape index (κ2) is 5.22. The van der Waals surface area contributed by atoms with Crippen LogP contribution in [0.3, 0.4) is 0 Å². The van der Waals surface area contributed by atoms with Crippen LogP contribution >= 0.6 is 31.9 Å². The molecule has 0 unspecified atom stereocenters. The summed E-state index contributed by atoms with van der Waals surface area (Å²) in [6, 6.07) is 3.75. The Kier molecular flexibility index (Phi) is 4.58. The highest BCUT2D eigenvalue weighted by molar-refractivity contribution is 9.11. The van der Waals surface area contributed by atoms with Gasteiger partial charge in [-0.3, -0.25) is 4.72 Å². The van der Waals surface area contributed by atoms with Crippen molar-refractivity contribution in [2.45, 2.75) is 4.90 Å². The number of hydrogen-bond acceptors (Lipinski definition) is 4. The molecule has 0 aliphatic rings. The van der Waals surface area contributed by atoms with Gasteiger partial charge in [-0.15, -0.1) is 0 Å². The number of alkyl halides is 1. The fraction of sp³-hybridized carbons (Fsp3) is 0.143. The molecule has 0 fully saturated rings. The summed E-state index contributed by atoms with van der Waals surface area (Å²) in [4.78, 5) is -0.105. The summed E-state index contributed by atoms with van der Waals surface area (Å²) in [6.07, 6.45) is 0. The van der Waals surface area contributed by atoms with Gasteiger partial charge in [0.1, 0.15) is 4.66 Å². The smallest absolute Gasteiger partial charge is 0.242 e. The molecule has 0 amide bonds. The van der Waals surface area contributed by atoms with Crippen LogP contribution in [-0.2, 0) is 20.0 Å². The molecule has 1 rings (SSSR count). The average Bonchev–Trinajstić information content (AvgIpc) is 2.19.